The van der Waals surface area contributed by atoms with E-state index in [2.05, 4.69) is 44.8 Å². The van der Waals surface area contributed by atoms with Crippen molar-refractivity contribution >= 4 is 8.96 Å². The monoisotopic (exact) mass is 157 g/mol. The van der Waals surface area contributed by atoms with Crippen molar-refractivity contribution in [3.05, 3.63) is 12.3 Å². The van der Waals surface area contributed by atoms with Gasteiger partial charge in [-0.15, -0.1) is 6.58 Å². The highest BCUT2D eigenvalue weighted by Gasteiger charge is 2.15. The molecule has 60 valence electrons. The van der Waals surface area contributed by atoms with Crippen molar-refractivity contribution in [3.8, 4) is 0 Å². The lowest BCUT2D eigenvalue weighted by Crippen LogP contribution is -2.34. The Labute approximate surface area is 66.4 Å². The van der Waals surface area contributed by atoms with Gasteiger partial charge in [-0.2, -0.15) is 0 Å². The van der Waals surface area contributed by atoms with E-state index in [1.807, 2.05) is 0 Å². The molecule has 0 bridgehead atoms. The van der Waals surface area contributed by atoms with Gasteiger partial charge in [0.2, 0.25) is 0 Å². The Morgan fingerprint density at radius 3 is 2.20 bits per heavy atom. The van der Waals surface area contributed by atoms with Crippen LogP contribution in [-0.2, 0) is 0 Å². The largest absolute Gasteiger partial charge is 0.328 e. The third-order valence-electron chi connectivity index (χ3n) is 2.06. The fourth-order valence-corrected chi connectivity index (χ4v) is 3.58. The Hall–Kier alpha value is -0.0831. The maximum absolute atomic E-state index is 3.87. The van der Waals surface area contributed by atoms with Crippen molar-refractivity contribution in [2.45, 2.75) is 25.8 Å². The van der Waals surface area contributed by atoms with Crippen LogP contribution in [0, 0.1) is 0 Å². The first kappa shape index (κ1) is 9.92. The number of nitrogens with zero attached hydrogens (tertiary/aromatic N) is 1. The summed E-state index contributed by atoms with van der Waals surface area (Å²) in [5.41, 5.74) is 3.02. The van der Waals surface area contributed by atoms with E-state index in [-0.39, 0.29) is 0 Å². The molecule has 0 aromatic carbocycles. The first-order valence-electron chi connectivity index (χ1n) is 3.92. The zero-order valence-corrected chi connectivity index (χ0v) is 8.75. The quantitative estimate of drug-likeness (QED) is 0.562. The molecule has 1 nitrogen and oxygen atoms in total. The van der Waals surface area contributed by atoms with E-state index in [4.69, 9.17) is 0 Å². The van der Waals surface area contributed by atoms with Crippen LogP contribution in [0.1, 0.15) is 20.3 Å². The van der Waals surface area contributed by atoms with Crippen LogP contribution in [-0.4, -0.2) is 27.6 Å². The normalized spacial score (nSPS) is 16.9. The molecule has 0 fully saturated rings. The summed E-state index contributed by atoms with van der Waals surface area (Å²) in [6.07, 6.45) is 1.28. The standard InChI is InChI=1S/C8H19NSi/c1-6-8(3)10(7-2)9(4)5/h7-8,10H,2,6H2,1,3-5H3. The summed E-state index contributed by atoms with van der Waals surface area (Å²) >= 11 is 0. The minimum Gasteiger partial charge on any atom is -0.328 e. The zero-order valence-electron chi connectivity index (χ0n) is 7.59. The van der Waals surface area contributed by atoms with E-state index in [1.165, 1.54) is 6.42 Å². The summed E-state index contributed by atoms with van der Waals surface area (Å²) in [5, 5.41) is 0. The second-order valence-corrected chi connectivity index (χ2v) is 6.70. The molecule has 0 N–H and O–H groups in total. The molecule has 2 unspecified atom stereocenters. The highest BCUT2D eigenvalue weighted by molar-refractivity contribution is 6.62. The summed E-state index contributed by atoms with van der Waals surface area (Å²) < 4.78 is 2.35. The van der Waals surface area contributed by atoms with Crippen molar-refractivity contribution < 1.29 is 0 Å². The van der Waals surface area contributed by atoms with Gasteiger partial charge in [-0.05, 0) is 19.6 Å². The Kier molecular flexibility index (Phi) is 4.65. The summed E-state index contributed by atoms with van der Waals surface area (Å²) in [5.74, 6) is 0. The van der Waals surface area contributed by atoms with E-state index in [0.29, 0.717) is 0 Å². The third kappa shape index (κ3) is 2.67. The number of rotatable bonds is 4. The molecular formula is C8H19NSi. The SMILES string of the molecule is C=C[SiH](C(C)CC)N(C)C. The lowest BCUT2D eigenvalue weighted by Gasteiger charge is -2.24. The van der Waals surface area contributed by atoms with Gasteiger partial charge in [0.25, 0.3) is 0 Å². The van der Waals surface area contributed by atoms with E-state index in [9.17, 15) is 0 Å². The van der Waals surface area contributed by atoms with Crippen molar-refractivity contribution in [2.75, 3.05) is 14.1 Å². The lowest BCUT2D eigenvalue weighted by molar-refractivity contribution is 0.619. The number of hydrogen-bond acceptors (Lipinski definition) is 1. The fourth-order valence-electron chi connectivity index (χ4n) is 1.19. The Bertz CT molecular complexity index is 101. The molecule has 0 aliphatic carbocycles. The van der Waals surface area contributed by atoms with Gasteiger partial charge in [-0.1, -0.05) is 26.0 Å². The van der Waals surface area contributed by atoms with Crippen LogP contribution in [0.5, 0.6) is 0 Å². The minimum absolute atomic E-state index is 0.783. The second-order valence-electron chi connectivity index (χ2n) is 3.08. The molecular weight excluding hydrogens is 138 g/mol. The van der Waals surface area contributed by atoms with Crippen molar-refractivity contribution in [2.24, 2.45) is 0 Å². The molecule has 0 rings (SSSR count). The lowest BCUT2D eigenvalue weighted by atomic mass is 10.4. The van der Waals surface area contributed by atoms with Crippen molar-refractivity contribution in [1.82, 2.24) is 4.57 Å². The Morgan fingerprint density at radius 2 is 2.10 bits per heavy atom. The van der Waals surface area contributed by atoms with Gasteiger partial charge in [0.05, 0.1) is 0 Å². The maximum atomic E-state index is 3.87. The minimum atomic E-state index is -0.783. The van der Waals surface area contributed by atoms with Crippen molar-refractivity contribution in [3.63, 3.8) is 0 Å². The molecule has 0 radical (unpaired) electrons. The van der Waals surface area contributed by atoms with Gasteiger partial charge < -0.3 is 4.57 Å². The van der Waals surface area contributed by atoms with E-state index in [1.54, 1.807) is 0 Å². The predicted octanol–water partition coefficient (Wildman–Crippen LogP) is 1.80. The smallest absolute Gasteiger partial charge is 0.138 e. The molecule has 0 heterocycles. The average molecular weight is 157 g/mol. The van der Waals surface area contributed by atoms with Crippen LogP contribution in [0.2, 0.25) is 5.54 Å². The molecule has 0 aliphatic rings. The summed E-state index contributed by atoms with van der Waals surface area (Å²) in [7, 11) is 3.53. The predicted molar refractivity (Wildman–Crippen MR) is 50.7 cm³/mol. The van der Waals surface area contributed by atoms with Crippen LogP contribution in [0.25, 0.3) is 0 Å². The van der Waals surface area contributed by atoms with Crippen LogP contribution in [0.3, 0.4) is 0 Å². The molecule has 10 heavy (non-hydrogen) atoms. The van der Waals surface area contributed by atoms with Crippen LogP contribution in [0.4, 0.5) is 0 Å². The van der Waals surface area contributed by atoms with Gasteiger partial charge in [0.15, 0.2) is 0 Å². The van der Waals surface area contributed by atoms with Gasteiger partial charge >= 0.3 is 0 Å². The number of hydrogen-bond donors (Lipinski definition) is 0. The average Bonchev–Trinajstić information content (AvgIpc) is 1.88. The summed E-state index contributed by atoms with van der Waals surface area (Å²) in [6.45, 7) is 8.44. The van der Waals surface area contributed by atoms with Crippen LogP contribution < -0.4 is 0 Å². The fraction of sp³-hybridized carbons (Fsp3) is 0.750. The van der Waals surface area contributed by atoms with Gasteiger partial charge in [0.1, 0.15) is 8.96 Å². The molecule has 0 saturated heterocycles. The molecule has 0 aromatic heterocycles. The van der Waals surface area contributed by atoms with Crippen molar-refractivity contribution in [1.29, 1.82) is 0 Å². The first-order valence-corrected chi connectivity index (χ1v) is 5.77. The summed E-state index contributed by atoms with van der Waals surface area (Å²) in [4.78, 5) is 0. The summed E-state index contributed by atoms with van der Waals surface area (Å²) in [6, 6.07) is 0. The third-order valence-corrected chi connectivity index (χ3v) is 5.38. The highest BCUT2D eigenvalue weighted by atomic mass is 28.3. The van der Waals surface area contributed by atoms with E-state index in [0.717, 1.165) is 5.54 Å². The molecule has 2 heteroatoms. The molecule has 2 atom stereocenters. The first-order chi connectivity index (χ1) is 4.63. The van der Waals surface area contributed by atoms with E-state index < -0.39 is 8.96 Å². The Balaban J connectivity index is 3.92. The van der Waals surface area contributed by atoms with Crippen LogP contribution in [0.15, 0.2) is 12.3 Å². The topological polar surface area (TPSA) is 3.24 Å². The van der Waals surface area contributed by atoms with Gasteiger partial charge in [0, 0.05) is 0 Å². The van der Waals surface area contributed by atoms with Crippen LogP contribution >= 0.6 is 0 Å². The molecule has 0 aromatic rings. The maximum Gasteiger partial charge on any atom is 0.138 e. The zero-order chi connectivity index (χ0) is 8.15. The second kappa shape index (κ2) is 4.69. The molecule has 0 spiro atoms. The molecule has 0 saturated carbocycles. The van der Waals surface area contributed by atoms with Gasteiger partial charge in [-0.25, -0.2) is 0 Å². The molecule has 0 amide bonds. The molecule has 0 aliphatic heterocycles. The van der Waals surface area contributed by atoms with E-state index >= 15 is 0 Å². The highest BCUT2D eigenvalue weighted by Crippen LogP contribution is 2.15. The Morgan fingerprint density at radius 1 is 1.60 bits per heavy atom. The van der Waals surface area contributed by atoms with Gasteiger partial charge in [-0.3, -0.25) is 0 Å².